The first-order chi connectivity index (χ1) is 8.45. The van der Waals surface area contributed by atoms with Crippen LogP contribution in [0.25, 0.3) is 0 Å². The summed E-state index contributed by atoms with van der Waals surface area (Å²) in [5, 5.41) is 0. The number of phosphoric acid groups is 1. The van der Waals surface area contributed by atoms with Crippen LogP contribution in [0.2, 0.25) is 0 Å². The van der Waals surface area contributed by atoms with Crippen molar-refractivity contribution in [3.63, 3.8) is 0 Å². The molecule has 4 nitrogen and oxygen atoms in total. The van der Waals surface area contributed by atoms with Crippen molar-refractivity contribution >= 4 is 7.82 Å². The summed E-state index contributed by atoms with van der Waals surface area (Å²) in [4.78, 5) is 19.0. The molecule has 0 saturated carbocycles. The maximum absolute atomic E-state index is 10.5. The fourth-order valence-corrected chi connectivity index (χ4v) is 2.58. The van der Waals surface area contributed by atoms with Gasteiger partial charge in [-0.1, -0.05) is 64.7 Å². The predicted molar refractivity (Wildman–Crippen MR) is 72.2 cm³/mol. The van der Waals surface area contributed by atoms with Gasteiger partial charge in [-0.25, -0.2) is 0 Å². The molecular weight excluding hydrogens is 251 g/mol. The van der Waals surface area contributed by atoms with Gasteiger partial charge in [-0.05, 0) is 13.3 Å². The van der Waals surface area contributed by atoms with E-state index in [4.69, 9.17) is 4.89 Å². The minimum Gasteiger partial charge on any atom is -0.756 e. The van der Waals surface area contributed by atoms with Crippen molar-refractivity contribution in [1.82, 2.24) is 0 Å². The smallest absolute Gasteiger partial charge is 0.265 e. The number of hydrogen-bond donors (Lipinski definition) is 1. The van der Waals surface area contributed by atoms with E-state index in [0.29, 0.717) is 6.42 Å². The molecule has 0 aromatic carbocycles. The second-order valence-electron chi connectivity index (χ2n) is 5.00. The number of hydrogen-bond acceptors (Lipinski definition) is 3. The van der Waals surface area contributed by atoms with Crippen LogP contribution in [0.15, 0.2) is 0 Å². The molecule has 0 bridgehead atoms. The van der Waals surface area contributed by atoms with E-state index in [1.807, 2.05) is 0 Å². The molecule has 0 spiro atoms. The van der Waals surface area contributed by atoms with Crippen LogP contribution >= 0.6 is 7.82 Å². The fraction of sp³-hybridized carbons (Fsp3) is 1.00. The van der Waals surface area contributed by atoms with Crippen molar-refractivity contribution in [3.8, 4) is 0 Å². The third kappa shape index (κ3) is 14.2. The van der Waals surface area contributed by atoms with E-state index in [2.05, 4.69) is 11.4 Å². The summed E-state index contributed by atoms with van der Waals surface area (Å²) in [6, 6.07) is 0. The Kier molecular flexibility index (Phi) is 11.0. The molecule has 0 aromatic rings. The third-order valence-electron chi connectivity index (χ3n) is 3.03. The third-order valence-corrected chi connectivity index (χ3v) is 3.65. The first kappa shape index (κ1) is 18.1. The molecule has 0 saturated heterocycles. The van der Waals surface area contributed by atoms with Gasteiger partial charge in [0.15, 0.2) is 0 Å². The van der Waals surface area contributed by atoms with Crippen LogP contribution in [0.3, 0.4) is 0 Å². The molecule has 0 amide bonds. The van der Waals surface area contributed by atoms with Gasteiger partial charge in [-0.2, -0.15) is 0 Å². The van der Waals surface area contributed by atoms with Crippen molar-refractivity contribution in [3.05, 3.63) is 0 Å². The first-order valence-electron chi connectivity index (χ1n) is 7.18. The number of phosphoric ester groups is 1. The molecule has 0 aliphatic carbocycles. The van der Waals surface area contributed by atoms with Gasteiger partial charge < -0.3 is 14.3 Å². The monoisotopic (exact) mass is 279 g/mol. The van der Waals surface area contributed by atoms with Crippen LogP contribution in [0.1, 0.15) is 78.1 Å². The molecule has 0 heterocycles. The average molecular weight is 279 g/mol. The van der Waals surface area contributed by atoms with E-state index in [1.54, 1.807) is 6.92 Å². The van der Waals surface area contributed by atoms with E-state index in [0.717, 1.165) is 12.8 Å². The SMILES string of the molecule is CCCCCCCCCCCC(C)OP(=O)([O-])O. The molecule has 110 valence electrons. The van der Waals surface area contributed by atoms with Gasteiger partial charge in [0.25, 0.3) is 7.82 Å². The quantitative estimate of drug-likeness (QED) is 0.436. The molecule has 0 aromatic heterocycles. The predicted octanol–water partition coefficient (Wildman–Crippen LogP) is 3.77. The lowest BCUT2D eigenvalue weighted by molar-refractivity contribution is -0.223. The highest BCUT2D eigenvalue weighted by Gasteiger charge is 2.09. The molecule has 0 aliphatic rings. The highest BCUT2D eigenvalue weighted by Crippen LogP contribution is 2.33. The molecule has 0 rings (SSSR count). The summed E-state index contributed by atoms with van der Waals surface area (Å²) in [6.07, 6.45) is 11.4. The molecule has 5 heteroatoms. The van der Waals surface area contributed by atoms with Gasteiger partial charge in [0, 0.05) is 0 Å². The standard InChI is InChI=1S/C13H29O4P/c1-3-4-5-6-7-8-9-10-11-12-13(2)17-18(14,15)16/h13H,3-12H2,1-2H3,(H2,14,15,16)/p-1. The Morgan fingerprint density at radius 1 is 1.06 bits per heavy atom. The largest absolute Gasteiger partial charge is 0.756 e. The Balaban J connectivity index is 3.22. The summed E-state index contributed by atoms with van der Waals surface area (Å²) in [6.45, 7) is 3.89. The summed E-state index contributed by atoms with van der Waals surface area (Å²) in [7, 11) is -4.55. The second kappa shape index (κ2) is 11.0. The van der Waals surface area contributed by atoms with Crippen molar-refractivity contribution in [2.24, 2.45) is 0 Å². The van der Waals surface area contributed by atoms with Crippen LogP contribution in [-0.2, 0) is 9.09 Å². The molecule has 2 unspecified atom stereocenters. The summed E-state index contributed by atoms with van der Waals surface area (Å²) < 4.78 is 14.9. The molecule has 0 fully saturated rings. The number of unbranched alkanes of at least 4 members (excludes halogenated alkanes) is 8. The molecule has 1 N–H and O–H groups in total. The Labute approximate surface area is 111 Å². The van der Waals surface area contributed by atoms with Gasteiger partial charge in [0.2, 0.25) is 0 Å². The molecule has 2 atom stereocenters. The van der Waals surface area contributed by atoms with E-state index in [1.165, 1.54) is 44.9 Å². The van der Waals surface area contributed by atoms with Crippen molar-refractivity contribution in [2.45, 2.75) is 84.2 Å². The molecular formula is C13H28O4P-. The van der Waals surface area contributed by atoms with Crippen LogP contribution < -0.4 is 4.89 Å². The minimum absolute atomic E-state index is 0.414. The maximum Gasteiger partial charge on any atom is 0.265 e. The topological polar surface area (TPSA) is 69.6 Å². The van der Waals surface area contributed by atoms with Crippen LogP contribution in [0, 0.1) is 0 Å². The van der Waals surface area contributed by atoms with Gasteiger partial charge >= 0.3 is 0 Å². The van der Waals surface area contributed by atoms with Crippen molar-refractivity contribution in [2.75, 3.05) is 0 Å². The van der Waals surface area contributed by atoms with E-state index in [9.17, 15) is 9.46 Å². The average Bonchev–Trinajstić information content (AvgIpc) is 2.24. The summed E-state index contributed by atoms with van der Waals surface area (Å²) in [5.74, 6) is 0. The van der Waals surface area contributed by atoms with E-state index >= 15 is 0 Å². The fourth-order valence-electron chi connectivity index (χ4n) is 2.02. The first-order valence-corrected chi connectivity index (χ1v) is 8.67. The maximum atomic E-state index is 10.5. The zero-order valence-corrected chi connectivity index (χ0v) is 12.7. The number of rotatable bonds is 12. The highest BCUT2D eigenvalue weighted by atomic mass is 31.2. The molecule has 18 heavy (non-hydrogen) atoms. The minimum atomic E-state index is -4.55. The van der Waals surface area contributed by atoms with Gasteiger partial charge in [-0.3, -0.25) is 4.57 Å². The molecule has 0 radical (unpaired) electrons. The van der Waals surface area contributed by atoms with E-state index < -0.39 is 13.9 Å². The highest BCUT2D eigenvalue weighted by molar-refractivity contribution is 7.44. The lowest BCUT2D eigenvalue weighted by Crippen LogP contribution is -2.12. The van der Waals surface area contributed by atoms with Crippen LogP contribution in [0.5, 0.6) is 0 Å². The van der Waals surface area contributed by atoms with E-state index in [-0.39, 0.29) is 0 Å². The lowest BCUT2D eigenvalue weighted by Gasteiger charge is -2.20. The Morgan fingerprint density at radius 2 is 1.50 bits per heavy atom. The van der Waals surface area contributed by atoms with Crippen LogP contribution in [0.4, 0.5) is 0 Å². The second-order valence-corrected chi connectivity index (χ2v) is 6.15. The normalized spacial score (nSPS) is 16.4. The van der Waals surface area contributed by atoms with Gasteiger partial charge in [0.1, 0.15) is 0 Å². The zero-order chi connectivity index (χ0) is 13.9. The van der Waals surface area contributed by atoms with Gasteiger partial charge in [0.05, 0.1) is 6.10 Å². The summed E-state index contributed by atoms with van der Waals surface area (Å²) in [5.41, 5.74) is 0. The van der Waals surface area contributed by atoms with Crippen LogP contribution in [-0.4, -0.2) is 11.0 Å². The van der Waals surface area contributed by atoms with Gasteiger partial charge in [-0.15, -0.1) is 0 Å². The Bertz CT molecular complexity index is 227. The zero-order valence-electron chi connectivity index (χ0n) is 11.8. The van der Waals surface area contributed by atoms with Crippen molar-refractivity contribution < 1.29 is 18.9 Å². The Hall–Kier alpha value is 0.110. The summed E-state index contributed by atoms with van der Waals surface area (Å²) >= 11 is 0. The molecule has 0 aliphatic heterocycles. The van der Waals surface area contributed by atoms with Crippen molar-refractivity contribution in [1.29, 1.82) is 0 Å². The Morgan fingerprint density at radius 3 is 1.94 bits per heavy atom. The lowest BCUT2D eigenvalue weighted by atomic mass is 10.1.